The molecule has 0 aliphatic rings. The maximum Gasteiger partial charge on any atom is 0.187 e. The molecule has 0 bridgehead atoms. The van der Waals surface area contributed by atoms with E-state index in [9.17, 15) is 4.79 Å². The van der Waals surface area contributed by atoms with Crippen LogP contribution in [0.25, 0.3) is 0 Å². The van der Waals surface area contributed by atoms with E-state index in [1.807, 2.05) is 13.8 Å². The number of aromatic nitrogens is 3. The standard InChI is InChI=1S/C13H13Cl2N3O/c1-3-18-11(13(15)8(2)17-18)6-12(19)10-5-4-9(14)7-16-10/h4-5,7H,3,6H2,1-2H3. The fourth-order valence-electron chi connectivity index (χ4n) is 1.82. The van der Waals surface area contributed by atoms with E-state index in [4.69, 9.17) is 23.2 Å². The van der Waals surface area contributed by atoms with Crippen LogP contribution in [-0.4, -0.2) is 20.5 Å². The molecule has 0 saturated carbocycles. The van der Waals surface area contributed by atoms with E-state index in [1.54, 1.807) is 16.8 Å². The summed E-state index contributed by atoms with van der Waals surface area (Å²) in [7, 11) is 0. The Morgan fingerprint density at radius 3 is 2.68 bits per heavy atom. The second-order valence-electron chi connectivity index (χ2n) is 4.12. The SMILES string of the molecule is CCn1nc(C)c(Cl)c1CC(=O)c1ccc(Cl)cn1. The lowest BCUT2D eigenvalue weighted by molar-refractivity contribution is 0.0986. The van der Waals surface area contributed by atoms with Gasteiger partial charge >= 0.3 is 0 Å². The van der Waals surface area contributed by atoms with Crippen molar-refractivity contribution in [3.63, 3.8) is 0 Å². The predicted molar refractivity (Wildman–Crippen MR) is 74.9 cm³/mol. The molecule has 0 aliphatic carbocycles. The van der Waals surface area contributed by atoms with E-state index in [-0.39, 0.29) is 12.2 Å². The summed E-state index contributed by atoms with van der Waals surface area (Å²) in [5, 5.41) is 5.33. The van der Waals surface area contributed by atoms with Gasteiger partial charge in [-0.15, -0.1) is 0 Å². The number of nitrogens with zero attached hydrogens (tertiary/aromatic N) is 3. The maximum atomic E-state index is 12.1. The summed E-state index contributed by atoms with van der Waals surface area (Å²) in [4.78, 5) is 16.2. The molecule has 0 saturated heterocycles. The Morgan fingerprint density at radius 1 is 1.37 bits per heavy atom. The molecule has 0 aromatic carbocycles. The number of pyridine rings is 1. The van der Waals surface area contributed by atoms with E-state index in [1.165, 1.54) is 6.20 Å². The minimum absolute atomic E-state index is 0.104. The third-order valence-electron chi connectivity index (χ3n) is 2.79. The third-order valence-corrected chi connectivity index (χ3v) is 3.51. The molecule has 2 rings (SSSR count). The first-order chi connectivity index (χ1) is 9.02. The van der Waals surface area contributed by atoms with Crippen LogP contribution in [0.4, 0.5) is 0 Å². The van der Waals surface area contributed by atoms with Gasteiger partial charge < -0.3 is 0 Å². The fourth-order valence-corrected chi connectivity index (χ4v) is 2.14. The molecule has 2 aromatic heterocycles. The molecule has 2 heterocycles. The van der Waals surface area contributed by atoms with Gasteiger partial charge in [-0.25, -0.2) is 0 Å². The zero-order chi connectivity index (χ0) is 14.0. The molecule has 0 spiro atoms. The van der Waals surface area contributed by atoms with Crippen LogP contribution in [-0.2, 0) is 13.0 Å². The average molecular weight is 298 g/mol. The summed E-state index contributed by atoms with van der Waals surface area (Å²) in [5.41, 5.74) is 1.83. The van der Waals surface area contributed by atoms with Crippen LogP contribution < -0.4 is 0 Å². The van der Waals surface area contributed by atoms with E-state index in [2.05, 4.69) is 10.1 Å². The highest BCUT2D eigenvalue weighted by Gasteiger charge is 2.17. The number of hydrogen-bond donors (Lipinski definition) is 0. The highest BCUT2D eigenvalue weighted by molar-refractivity contribution is 6.32. The second-order valence-corrected chi connectivity index (χ2v) is 4.94. The largest absolute Gasteiger partial charge is 0.292 e. The first-order valence-corrected chi connectivity index (χ1v) is 6.65. The van der Waals surface area contributed by atoms with Crippen LogP contribution in [0, 0.1) is 6.92 Å². The summed E-state index contributed by atoms with van der Waals surface area (Å²) in [5.74, 6) is -0.104. The Bertz CT molecular complexity index is 605. The molecule has 2 aromatic rings. The van der Waals surface area contributed by atoms with Crippen molar-refractivity contribution < 1.29 is 4.79 Å². The molecule has 0 N–H and O–H groups in total. The molecule has 6 heteroatoms. The highest BCUT2D eigenvalue weighted by Crippen LogP contribution is 2.21. The lowest BCUT2D eigenvalue weighted by atomic mass is 10.1. The number of rotatable bonds is 4. The number of halogens is 2. The van der Waals surface area contributed by atoms with E-state index in [0.29, 0.717) is 22.3 Å². The van der Waals surface area contributed by atoms with Crippen molar-refractivity contribution in [2.24, 2.45) is 0 Å². The number of Topliss-reactive ketones (excluding diaryl/α,β-unsaturated/α-hetero) is 1. The van der Waals surface area contributed by atoms with Crippen molar-refractivity contribution in [3.8, 4) is 0 Å². The van der Waals surface area contributed by atoms with E-state index < -0.39 is 0 Å². The van der Waals surface area contributed by atoms with Crippen molar-refractivity contribution >= 4 is 29.0 Å². The third kappa shape index (κ3) is 2.96. The minimum Gasteiger partial charge on any atom is -0.292 e. The Balaban J connectivity index is 2.26. The quantitative estimate of drug-likeness (QED) is 0.813. The Kier molecular flexibility index (Phi) is 4.22. The van der Waals surface area contributed by atoms with Crippen LogP contribution in [0.1, 0.15) is 28.8 Å². The number of carbonyl (C=O) groups excluding carboxylic acids is 1. The van der Waals surface area contributed by atoms with Gasteiger partial charge in [-0.1, -0.05) is 23.2 Å². The van der Waals surface area contributed by atoms with Gasteiger partial charge in [0.05, 0.1) is 27.9 Å². The molecular formula is C13H13Cl2N3O. The number of carbonyl (C=O) groups is 1. The zero-order valence-electron chi connectivity index (χ0n) is 10.7. The first kappa shape index (κ1) is 14.0. The van der Waals surface area contributed by atoms with Gasteiger partial charge in [0.1, 0.15) is 5.69 Å². The van der Waals surface area contributed by atoms with Gasteiger partial charge in [-0.2, -0.15) is 5.10 Å². The fraction of sp³-hybridized carbons (Fsp3) is 0.308. The highest BCUT2D eigenvalue weighted by atomic mass is 35.5. The lowest BCUT2D eigenvalue weighted by Gasteiger charge is -2.04. The molecule has 100 valence electrons. The first-order valence-electron chi connectivity index (χ1n) is 5.89. The molecule has 0 radical (unpaired) electrons. The van der Waals surface area contributed by atoms with E-state index >= 15 is 0 Å². The molecule has 0 unspecified atom stereocenters. The van der Waals surface area contributed by atoms with Crippen molar-refractivity contribution in [1.82, 2.24) is 14.8 Å². The second kappa shape index (κ2) is 5.72. The van der Waals surface area contributed by atoms with Crippen LogP contribution in [0.2, 0.25) is 10.0 Å². The number of aryl methyl sites for hydroxylation is 2. The molecule has 4 nitrogen and oxygen atoms in total. The van der Waals surface area contributed by atoms with Gasteiger partial charge in [-0.3, -0.25) is 14.5 Å². The average Bonchev–Trinajstić information content (AvgIpc) is 2.67. The van der Waals surface area contributed by atoms with Crippen molar-refractivity contribution in [3.05, 3.63) is 45.5 Å². The van der Waals surface area contributed by atoms with E-state index in [0.717, 1.165) is 11.4 Å². The Labute approximate surface area is 121 Å². The smallest absolute Gasteiger partial charge is 0.187 e. The van der Waals surface area contributed by atoms with Crippen LogP contribution >= 0.6 is 23.2 Å². The summed E-state index contributed by atoms with van der Waals surface area (Å²) in [6.45, 7) is 4.45. The monoisotopic (exact) mass is 297 g/mol. The number of hydrogen-bond acceptors (Lipinski definition) is 3. The van der Waals surface area contributed by atoms with Crippen molar-refractivity contribution in [2.45, 2.75) is 26.8 Å². The van der Waals surface area contributed by atoms with Crippen molar-refractivity contribution in [2.75, 3.05) is 0 Å². The molecule has 0 atom stereocenters. The molecule has 0 fully saturated rings. The predicted octanol–water partition coefficient (Wildman–Crippen LogP) is 3.34. The molecular weight excluding hydrogens is 285 g/mol. The molecule has 0 amide bonds. The van der Waals surface area contributed by atoms with Crippen LogP contribution in [0.15, 0.2) is 18.3 Å². The minimum atomic E-state index is -0.104. The Hall–Kier alpha value is -1.39. The summed E-state index contributed by atoms with van der Waals surface area (Å²) in [6.07, 6.45) is 1.64. The summed E-state index contributed by atoms with van der Waals surface area (Å²) >= 11 is 11.9. The maximum absolute atomic E-state index is 12.1. The topological polar surface area (TPSA) is 47.8 Å². The van der Waals surface area contributed by atoms with Crippen LogP contribution in [0.5, 0.6) is 0 Å². The molecule has 19 heavy (non-hydrogen) atoms. The van der Waals surface area contributed by atoms with Crippen molar-refractivity contribution in [1.29, 1.82) is 0 Å². The normalized spacial score (nSPS) is 10.7. The van der Waals surface area contributed by atoms with Gasteiger partial charge in [0, 0.05) is 12.7 Å². The number of ketones is 1. The van der Waals surface area contributed by atoms with Gasteiger partial charge in [0.25, 0.3) is 0 Å². The van der Waals surface area contributed by atoms with Gasteiger partial charge in [0.15, 0.2) is 5.78 Å². The summed E-state index contributed by atoms with van der Waals surface area (Å²) in [6, 6.07) is 3.25. The Morgan fingerprint density at radius 2 is 2.11 bits per heavy atom. The lowest BCUT2D eigenvalue weighted by Crippen LogP contribution is -2.11. The van der Waals surface area contributed by atoms with Gasteiger partial charge in [-0.05, 0) is 26.0 Å². The zero-order valence-corrected chi connectivity index (χ0v) is 12.2. The summed E-state index contributed by atoms with van der Waals surface area (Å²) < 4.78 is 1.74. The molecule has 0 aliphatic heterocycles. The van der Waals surface area contributed by atoms with Crippen LogP contribution in [0.3, 0.4) is 0 Å². The van der Waals surface area contributed by atoms with Gasteiger partial charge in [0.2, 0.25) is 0 Å².